The molecule has 0 saturated carbocycles. The van der Waals surface area contributed by atoms with Crippen molar-refractivity contribution in [1.29, 1.82) is 0 Å². The van der Waals surface area contributed by atoms with Crippen molar-refractivity contribution < 1.29 is 9.21 Å². The van der Waals surface area contributed by atoms with Crippen LogP contribution in [-0.2, 0) is 11.2 Å². The summed E-state index contributed by atoms with van der Waals surface area (Å²) in [6, 6.07) is 8.58. The van der Waals surface area contributed by atoms with Gasteiger partial charge in [-0.1, -0.05) is 13.0 Å². The second-order valence-electron chi connectivity index (χ2n) is 7.10. The highest BCUT2D eigenvalue weighted by molar-refractivity contribution is 5.93. The first kappa shape index (κ1) is 18.0. The molecule has 1 amide bonds. The molecule has 0 fully saturated rings. The van der Waals surface area contributed by atoms with Crippen LogP contribution < -0.4 is 10.9 Å². The van der Waals surface area contributed by atoms with Crippen LogP contribution in [0.25, 0.3) is 16.6 Å². The maximum absolute atomic E-state index is 13.0. The predicted molar refractivity (Wildman–Crippen MR) is 108 cm³/mol. The van der Waals surface area contributed by atoms with Crippen LogP contribution in [0, 0.1) is 13.8 Å². The van der Waals surface area contributed by atoms with Crippen molar-refractivity contribution in [2.45, 2.75) is 40.2 Å². The number of furan rings is 1. The number of nitrogens with zero attached hydrogens (tertiary/aromatic N) is 3. The maximum atomic E-state index is 13.0. The quantitative estimate of drug-likeness (QED) is 0.588. The molecule has 0 saturated heterocycles. The standard InChI is InChI=1S/C21H22N4O3/c1-5-19-23-25(21(27)17-11-18-16(24(17)19)6-7-28-18)14(4)20(26)22-15-9-12(2)8-13(3)10-15/h6-11,14H,5H2,1-4H3,(H,22,26)/t14-/m1/s1. The van der Waals surface area contributed by atoms with Gasteiger partial charge in [0, 0.05) is 24.2 Å². The lowest BCUT2D eigenvalue weighted by molar-refractivity contribution is -0.119. The smallest absolute Gasteiger partial charge is 0.291 e. The summed E-state index contributed by atoms with van der Waals surface area (Å²) in [5.74, 6) is 0.401. The van der Waals surface area contributed by atoms with E-state index in [0.29, 0.717) is 29.0 Å². The minimum Gasteiger partial charge on any atom is -0.463 e. The zero-order valence-electron chi connectivity index (χ0n) is 16.3. The molecule has 7 heteroatoms. The first-order chi connectivity index (χ1) is 13.4. The van der Waals surface area contributed by atoms with Gasteiger partial charge in [-0.15, -0.1) is 0 Å². The summed E-state index contributed by atoms with van der Waals surface area (Å²) in [6.07, 6.45) is 2.19. The van der Waals surface area contributed by atoms with E-state index in [4.69, 9.17) is 4.42 Å². The number of carbonyl (C=O) groups is 1. The van der Waals surface area contributed by atoms with Gasteiger partial charge in [-0.3, -0.25) is 14.0 Å². The largest absolute Gasteiger partial charge is 0.463 e. The number of aryl methyl sites for hydroxylation is 3. The molecule has 4 rings (SSSR count). The van der Waals surface area contributed by atoms with Gasteiger partial charge in [0.2, 0.25) is 5.91 Å². The molecule has 0 radical (unpaired) electrons. The Bertz CT molecular complexity index is 1240. The van der Waals surface area contributed by atoms with E-state index in [-0.39, 0.29) is 11.5 Å². The Kier molecular flexibility index (Phi) is 4.30. The topological polar surface area (TPSA) is 81.5 Å². The minimum absolute atomic E-state index is 0.291. The molecule has 3 heterocycles. The zero-order chi connectivity index (χ0) is 20.0. The third-order valence-corrected chi connectivity index (χ3v) is 4.88. The molecular formula is C21H22N4O3. The lowest BCUT2D eigenvalue weighted by Crippen LogP contribution is -2.35. The molecule has 3 aromatic heterocycles. The summed E-state index contributed by atoms with van der Waals surface area (Å²) >= 11 is 0. The molecule has 7 nitrogen and oxygen atoms in total. The highest BCUT2D eigenvalue weighted by atomic mass is 16.3. The lowest BCUT2D eigenvalue weighted by atomic mass is 10.1. The first-order valence-corrected chi connectivity index (χ1v) is 9.28. The summed E-state index contributed by atoms with van der Waals surface area (Å²) in [5.41, 5.74) is 4.38. The van der Waals surface area contributed by atoms with Crippen molar-refractivity contribution >= 4 is 28.2 Å². The Hall–Kier alpha value is -3.35. The Morgan fingerprint density at radius 2 is 1.89 bits per heavy atom. The van der Waals surface area contributed by atoms with Crippen LogP contribution in [0.15, 0.2) is 45.8 Å². The SMILES string of the molecule is CCc1nn([C@H](C)C(=O)Nc2cc(C)cc(C)c2)c(=O)c2cc3occc3n12. The number of rotatable bonds is 4. The van der Waals surface area contributed by atoms with Crippen LogP contribution in [0.1, 0.15) is 36.8 Å². The molecule has 1 N–H and O–H groups in total. The summed E-state index contributed by atoms with van der Waals surface area (Å²) in [4.78, 5) is 25.8. The van der Waals surface area contributed by atoms with E-state index in [1.807, 2.05) is 45.0 Å². The second-order valence-corrected chi connectivity index (χ2v) is 7.10. The van der Waals surface area contributed by atoms with Crippen molar-refractivity contribution in [3.8, 4) is 0 Å². The van der Waals surface area contributed by atoms with Crippen LogP contribution in [0.5, 0.6) is 0 Å². The second kappa shape index (κ2) is 6.67. The summed E-state index contributed by atoms with van der Waals surface area (Å²) in [6.45, 7) is 7.59. The fourth-order valence-electron chi connectivity index (χ4n) is 3.59. The number of aromatic nitrogens is 3. The number of fused-ring (bicyclic) bond motifs is 3. The van der Waals surface area contributed by atoms with Crippen LogP contribution in [-0.4, -0.2) is 20.1 Å². The maximum Gasteiger partial charge on any atom is 0.291 e. The van der Waals surface area contributed by atoms with Crippen molar-refractivity contribution in [1.82, 2.24) is 14.2 Å². The van der Waals surface area contributed by atoms with Crippen LogP contribution in [0.2, 0.25) is 0 Å². The van der Waals surface area contributed by atoms with Crippen LogP contribution in [0.3, 0.4) is 0 Å². The van der Waals surface area contributed by atoms with Gasteiger partial charge in [-0.25, -0.2) is 4.68 Å². The molecule has 0 unspecified atom stereocenters. The molecule has 1 atom stereocenters. The molecule has 0 aliphatic rings. The lowest BCUT2D eigenvalue weighted by Gasteiger charge is -2.16. The monoisotopic (exact) mass is 378 g/mol. The number of nitrogens with one attached hydrogen (secondary N) is 1. The van der Waals surface area contributed by atoms with E-state index in [9.17, 15) is 9.59 Å². The normalized spacial score (nSPS) is 12.6. The summed E-state index contributed by atoms with van der Waals surface area (Å²) in [7, 11) is 0. The molecule has 0 aliphatic carbocycles. The Morgan fingerprint density at radius 3 is 2.57 bits per heavy atom. The molecule has 0 spiro atoms. The number of anilines is 1. The van der Waals surface area contributed by atoms with E-state index < -0.39 is 6.04 Å². The summed E-state index contributed by atoms with van der Waals surface area (Å²) in [5, 5.41) is 7.38. The third kappa shape index (κ3) is 2.89. The molecule has 28 heavy (non-hydrogen) atoms. The van der Waals surface area contributed by atoms with Gasteiger partial charge in [0.05, 0.1) is 11.8 Å². The molecule has 0 aliphatic heterocycles. The fourth-order valence-corrected chi connectivity index (χ4v) is 3.59. The van der Waals surface area contributed by atoms with E-state index in [1.165, 1.54) is 4.68 Å². The number of amides is 1. The van der Waals surface area contributed by atoms with Crippen LogP contribution >= 0.6 is 0 Å². The van der Waals surface area contributed by atoms with E-state index >= 15 is 0 Å². The number of hydrogen-bond acceptors (Lipinski definition) is 4. The highest BCUT2D eigenvalue weighted by Crippen LogP contribution is 2.21. The van der Waals surface area contributed by atoms with Crippen LogP contribution in [0.4, 0.5) is 5.69 Å². The Balaban J connectivity index is 1.76. The minimum atomic E-state index is -0.759. The Morgan fingerprint density at radius 1 is 1.18 bits per heavy atom. The average Bonchev–Trinajstić information content (AvgIpc) is 3.22. The van der Waals surface area contributed by atoms with Gasteiger partial charge in [0.15, 0.2) is 5.58 Å². The van der Waals surface area contributed by atoms with Gasteiger partial charge < -0.3 is 9.73 Å². The van der Waals surface area contributed by atoms with Gasteiger partial charge in [-0.2, -0.15) is 5.10 Å². The van der Waals surface area contributed by atoms with Gasteiger partial charge in [-0.05, 0) is 44.0 Å². The predicted octanol–water partition coefficient (Wildman–Crippen LogP) is 3.62. The highest BCUT2D eigenvalue weighted by Gasteiger charge is 2.22. The fraction of sp³-hybridized carbons (Fsp3) is 0.286. The van der Waals surface area contributed by atoms with Crippen molar-refractivity contribution in [2.24, 2.45) is 0 Å². The van der Waals surface area contributed by atoms with Gasteiger partial charge in [0.25, 0.3) is 5.56 Å². The van der Waals surface area contributed by atoms with Crippen molar-refractivity contribution in [3.05, 3.63) is 63.9 Å². The molecule has 0 bridgehead atoms. The number of benzene rings is 1. The van der Waals surface area contributed by atoms with E-state index in [1.54, 1.807) is 23.7 Å². The summed E-state index contributed by atoms with van der Waals surface area (Å²) < 4.78 is 8.48. The van der Waals surface area contributed by atoms with E-state index in [2.05, 4.69) is 10.4 Å². The van der Waals surface area contributed by atoms with Crippen molar-refractivity contribution in [3.63, 3.8) is 0 Å². The molecule has 144 valence electrons. The van der Waals surface area contributed by atoms with Gasteiger partial charge in [0.1, 0.15) is 17.4 Å². The molecule has 4 aromatic rings. The third-order valence-electron chi connectivity index (χ3n) is 4.88. The molecular weight excluding hydrogens is 356 g/mol. The van der Waals surface area contributed by atoms with Gasteiger partial charge >= 0.3 is 0 Å². The van der Waals surface area contributed by atoms with Crippen molar-refractivity contribution in [2.75, 3.05) is 5.32 Å². The first-order valence-electron chi connectivity index (χ1n) is 9.28. The number of hydrogen-bond donors (Lipinski definition) is 1. The Labute approximate surface area is 161 Å². The molecule has 1 aromatic carbocycles. The number of carbonyl (C=O) groups excluding carboxylic acids is 1. The zero-order valence-corrected chi connectivity index (χ0v) is 16.3. The van der Waals surface area contributed by atoms with E-state index in [0.717, 1.165) is 16.6 Å². The average molecular weight is 378 g/mol.